The van der Waals surface area contributed by atoms with Gasteiger partial charge in [-0.15, -0.1) is 12.6 Å². The van der Waals surface area contributed by atoms with Crippen LogP contribution in [0.1, 0.15) is 20.3 Å². The topological polar surface area (TPSA) is 64.6 Å². The third kappa shape index (κ3) is 6.62. The van der Waals surface area contributed by atoms with Gasteiger partial charge in [0.25, 0.3) is 0 Å². The van der Waals surface area contributed by atoms with Crippen molar-refractivity contribution in [2.75, 3.05) is 13.2 Å². The van der Waals surface area contributed by atoms with Gasteiger partial charge in [-0.2, -0.15) is 0 Å². The fraction of sp³-hybridized carbons (Fsp3) is 0.667. The molecular weight excluding hydrogens is 250 g/mol. The fourth-order valence-corrected chi connectivity index (χ4v) is 1.27. The largest absolute Gasteiger partial charge is 0.466 e. The van der Waals surface area contributed by atoms with Gasteiger partial charge in [0.2, 0.25) is 0 Å². The summed E-state index contributed by atoms with van der Waals surface area (Å²) in [7, 11) is 0. The Morgan fingerprint density at radius 2 is 1.88 bits per heavy atom. The normalized spacial score (nSPS) is 11.4. The number of hydrogen-bond donors (Lipinski definition) is 2. The molecule has 16 heavy (non-hydrogen) atoms. The van der Waals surface area contributed by atoms with E-state index in [1.165, 1.54) is 0 Å². The van der Waals surface area contributed by atoms with Gasteiger partial charge >= 0.3 is 11.9 Å². The highest BCUT2D eigenvalue weighted by molar-refractivity contribution is 8.11. The Bertz CT molecular complexity index is 270. The third-order valence-corrected chi connectivity index (χ3v) is 1.79. The molecule has 0 aromatic rings. The first-order valence-corrected chi connectivity index (χ1v) is 5.68. The summed E-state index contributed by atoms with van der Waals surface area (Å²) in [6.07, 6.45) is -0.132. The summed E-state index contributed by atoms with van der Waals surface area (Å²) in [5.41, 5.74) is 0. The van der Waals surface area contributed by atoms with E-state index < -0.39 is 18.0 Å². The van der Waals surface area contributed by atoms with Crippen LogP contribution in [0.25, 0.3) is 0 Å². The lowest BCUT2D eigenvalue weighted by Gasteiger charge is -2.15. The lowest BCUT2D eigenvalue weighted by molar-refractivity contribution is -0.151. The van der Waals surface area contributed by atoms with Crippen molar-refractivity contribution in [3.05, 3.63) is 0 Å². The van der Waals surface area contributed by atoms with Crippen molar-refractivity contribution in [2.45, 2.75) is 26.3 Å². The van der Waals surface area contributed by atoms with E-state index in [1.54, 1.807) is 13.8 Å². The smallest absolute Gasteiger partial charge is 0.329 e. The second-order valence-electron chi connectivity index (χ2n) is 2.76. The van der Waals surface area contributed by atoms with E-state index in [0.717, 1.165) is 0 Å². The van der Waals surface area contributed by atoms with Crippen LogP contribution in [0, 0.1) is 0 Å². The third-order valence-electron chi connectivity index (χ3n) is 1.54. The molecular formula is C9H15NO4S2. The highest BCUT2D eigenvalue weighted by Crippen LogP contribution is 2.00. The quantitative estimate of drug-likeness (QED) is 0.418. The molecule has 1 atom stereocenters. The van der Waals surface area contributed by atoms with E-state index in [4.69, 9.17) is 9.47 Å². The first-order valence-electron chi connectivity index (χ1n) is 4.82. The van der Waals surface area contributed by atoms with Crippen LogP contribution < -0.4 is 5.32 Å². The number of thiocarbonyl (C=S) groups is 1. The molecule has 1 unspecified atom stereocenters. The van der Waals surface area contributed by atoms with E-state index in [-0.39, 0.29) is 24.0 Å². The van der Waals surface area contributed by atoms with Gasteiger partial charge in [0.05, 0.1) is 19.6 Å². The van der Waals surface area contributed by atoms with Crippen LogP contribution in [0.5, 0.6) is 0 Å². The van der Waals surface area contributed by atoms with Crippen molar-refractivity contribution in [1.29, 1.82) is 0 Å². The molecule has 0 heterocycles. The van der Waals surface area contributed by atoms with Crippen molar-refractivity contribution in [3.8, 4) is 0 Å². The molecule has 0 spiro atoms. The molecule has 0 aromatic heterocycles. The van der Waals surface area contributed by atoms with E-state index in [0.29, 0.717) is 0 Å². The zero-order valence-corrected chi connectivity index (χ0v) is 10.9. The Morgan fingerprint density at radius 1 is 1.31 bits per heavy atom. The van der Waals surface area contributed by atoms with Gasteiger partial charge < -0.3 is 14.8 Å². The molecule has 0 aliphatic rings. The van der Waals surface area contributed by atoms with Gasteiger partial charge in [0, 0.05) is 0 Å². The van der Waals surface area contributed by atoms with Crippen LogP contribution in [-0.4, -0.2) is 35.5 Å². The van der Waals surface area contributed by atoms with E-state index >= 15 is 0 Å². The average Bonchev–Trinajstić information content (AvgIpc) is 2.16. The molecule has 0 aliphatic heterocycles. The van der Waals surface area contributed by atoms with Crippen LogP contribution in [-0.2, 0) is 19.1 Å². The molecule has 0 radical (unpaired) electrons. The molecule has 0 fully saturated rings. The van der Waals surface area contributed by atoms with Crippen molar-refractivity contribution < 1.29 is 19.1 Å². The lowest BCUT2D eigenvalue weighted by Crippen LogP contribution is -2.41. The Hall–Kier alpha value is -0.820. The Morgan fingerprint density at radius 3 is 2.31 bits per heavy atom. The summed E-state index contributed by atoms with van der Waals surface area (Å²) in [6, 6.07) is -0.844. The number of carbonyl (C=O) groups is 2. The van der Waals surface area contributed by atoms with E-state index in [1.807, 2.05) is 0 Å². The van der Waals surface area contributed by atoms with E-state index in [2.05, 4.69) is 30.2 Å². The Kier molecular flexibility index (Phi) is 7.92. The van der Waals surface area contributed by atoms with Crippen LogP contribution in [0.3, 0.4) is 0 Å². The molecule has 0 bridgehead atoms. The summed E-state index contributed by atoms with van der Waals surface area (Å²) in [6.45, 7) is 3.87. The molecule has 0 aliphatic carbocycles. The number of nitrogens with one attached hydrogen (secondary N) is 1. The van der Waals surface area contributed by atoms with E-state index in [9.17, 15) is 9.59 Å². The maximum Gasteiger partial charge on any atom is 0.329 e. The van der Waals surface area contributed by atoms with Gasteiger partial charge in [0.1, 0.15) is 10.4 Å². The second-order valence-corrected chi connectivity index (χ2v) is 3.92. The van der Waals surface area contributed by atoms with Crippen LogP contribution in [0.15, 0.2) is 0 Å². The molecule has 0 rings (SSSR count). The summed E-state index contributed by atoms with van der Waals surface area (Å²) < 4.78 is 9.64. The zero-order valence-electron chi connectivity index (χ0n) is 9.19. The van der Waals surface area contributed by atoms with Crippen molar-refractivity contribution in [3.63, 3.8) is 0 Å². The van der Waals surface area contributed by atoms with Crippen LogP contribution in [0.4, 0.5) is 0 Å². The monoisotopic (exact) mass is 265 g/mol. The Labute approximate surface area is 105 Å². The van der Waals surface area contributed by atoms with Gasteiger partial charge in [-0.05, 0) is 13.8 Å². The SMILES string of the molecule is CCOC(=O)CC(NC(=S)S)C(=O)OCC. The maximum absolute atomic E-state index is 11.4. The summed E-state index contributed by atoms with van der Waals surface area (Å²) >= 11 is 8.52. The number of hydrogen-bond acceptors (Lipinski definition) is 5. The Balaban J connectivity index is 4.36. The average molecular weight is 265 g/mol. The maximum atomic E-state index is 11.4. The van der Waals surface area contributed by atoms with Crippen LogP contribution >= 0.6 is 24.8 Å². The number of rotatable bonds is 6. The molecule has 92 valence electrons. The minimum atomic E-state index is -0.844. The highest BCUT2D eigenvalue weighted by atomic mass is 32.1. The van der Waals surface area contributed by atoms with Crippen LogP contribution in [0.2, 0.25) is 0 Å². The van der Waals surface area contributed by atoms with Crippen molar-refractivity contribution in [2.24, 2.45) is 0 Å². The molecule has 5 nitrogen and oxygen atoms in total. The van der Waals surface area contributed by atoms with Gasteiger partial charge in [-0.25, -0.2) is 4.79 Å². The van der Waals surface area contributed by atoms with Gasteiger partial charge in [0.15, 0.2) is 0 Å². The number of esters is 2. The lowest BCUT2D eigenvalue weighted by atomic mass is 10.2. The standard InChI is InChI=1S/C9H15NO4S2/c1-3-13-7(11)5-6(10-9(15)16)8(12)14-4-2/h6H,3-5H2,1-2H3,(H2,10,15,16). The fourth-order valence-electron chi connectivity index (χ4n) is 0.972. The minimum Gasteiger partial charge on any atom is -0.466 e. The molecule has 7 heteroatoms. The first kappa shape index (κ1) is 15.2. The molecule has 1 N–H and O–H groups in total. The summed E-state index contributed by atoms with van der Waals surface area (Å²) in [5.74, 6) is -1.04. The predicted octanol–water partition coefficient (Wildman–Crippen LogP) is 0.676. The molecule has 0 saturated carbocycles. The number of ether oxygens (including phenoxy) is 2. The number of carbonyl (C=O) groups excluding carboxylic acids is 2. The summed E-state index contributed by atoms with van der Waals surface area (Å²) in [4.78, 5) is 22.6. The van der Waals surface area contributed by atoms with Gasteiger partial charge in [-0.1, -0.05) is 12.2 Å². The second kappa shape index (κ2) is 8.35. The minimum absolute atomic E-state index is 0.127. The molecule has 0 amide bonds. The van der Waals surface area contributed by atoms with Crippen molar-refractivity contribution in [1.82, 2.24) is 5.32 Å². The molecule has 0 saturated heterocycles. The van der Waals surface area contributed by atoms with Crippen molar-refractivity contribution >= 4 is 41.1 Å². The predicted molar refractivity (Wildman–Crippen MR) is 66.4 cm³/mol. The molecule has 0 aromatic carbocycles. The van der Waals surface area contributed by atoms with Gasteiger partial charge in [-0.3, -0.25) is 4.79 Å². The number of thiol groups is 1. The first-order chi connectivity index (χ1) is 7.51. The highest BCUT2D eigenvalue weighted by Gasteiger charge is 2.23. The zero-order chi connectivity index (χ0) is 12.6. The summed E-state index contributed by atoms with van der Waals surface area (Å²) in [5, 5.41) is 2.57.